The highest BCUT2D eigenvalue weighted by molar-refractivity contribution is 6.18. The summed E-state index contributed by atoms with van der Waals surface area (Å²) in [4.78, 5) is 12.1. The van der Waals surface area contributed by atoms with Gasteiger partial charge in [-0.2, -0.15) is 0 Å². The molecule has 1 aromatic carbocycles. The van der Waals surface area contributed by atoms with Gasteiger partial charge in [0.15, 0.2) is 0 Å². The summed E-state index contributed by atoms with van der Waals surface area (Å²) in [6.07, 6.45) is 1.68. The van der Waals surface area contributed by atoms with Gasteiger partial charge in [0, 0.05) is 11.4 Å². The molecular formula is C14H20ClNO. The third kappa shape index (κ3) is 3.47. The second-order valence-electron chi connectivity index (χ2n) is 4.44. The van der Waals surface area contributed by atoms with Gasteiger partial charge in [0.25, 0.3) is 5.91 Å². The molecule has 0 unspecified atom stereocenters. The molecule has 0 spiro atoms. The molecule has 0 atom stereocenters. The zero-order valence-corrected chi connectivity index (χ0v) is 11.5. The van der Waals surface area contributed by atoms with Crippen LogP contribution in [0.1, 0.15) is 42.6 Å². The van der Waals surface area contributed by atoms with E-state index in [-0.39, 0.29) is 11.4 Å². The highest BCUT2D eigenvalue weighted by Gasteiger charge is 2.27. The average molecular weight is 254 g/mol. The smallest absolute Gasteiger partial charge is 0.251 e. The van der Waals surface area contributed by atoms with E-state index in [0.29, 0.717) is 11.4 Å². The van der Waals surface area contributed by atoms with Crippen molar-refractivity contribution in [2.24, 2.45) is 0 Å². The van der Waals surface area contributed by atoms with Crippen molar-refractivity contribution in [1.82, 2.24) is 5.32 Å². The fourth-order valence-corrected chi connectivity index (χ4v) is 2.19. The molecule has 0 aromatic heterocycles. The monoisotopic (exact) mass is 253 g/mol. The molecule has 0 heterocycles. The molecule has 94 valence electrons. The molecule has 0 saturated heterocycles. The number of hydrogen-bond donors (Lipinski definition) is 1. The number of carbonyl (C=O) groups is 1. The van der Waals surface area contributed by atoms with Gasteiger partial charge in [0.2, 0.25) is 0 Å². The number of aryl methyl sites for hydroxylation is 1. The van der Waals surface area contributed by atoms with Crippen LogP contribution < -0.4 is 5.32 Å². The summed E-state index contributed by atoms with van der Waals surface area (Å²) in [5.41, 5.74) is 1.49. The predicted molar refractivity (Wildman–Crippen MR) is 72.7 cm³/mol. The number of nitrogens with one attached hydrogen (secondary N) is 1. The van der Waals surface area contributed by atoms with Crippen LogP contribution in [0, 0.1) is 6.92 Å². The van der Waals surface area contributed by atoms with E-state index in [4.69, 9.17) is 11.6 Å². The Morgan fingerprint density at radius 2 is 2.00 bits per heavy atom. The van der Waals surface area contributed by atoms with Crippen LogP contribution in [0.15, 0.2) is 24.3 Å². The molecule has 0 bridgehead atoms. The number of halogens is 1. The Bertz CT molecular complexity index is 377. The highest BCUT2D eigenvalue weighted by atomic mass is 35.5. The van der Waals surface area contributed by atoms with E-state index >= 15 is 0 Å². The maximum Gasteiger partial charge on any atom is 0.251 e. The molecule has 1 N–H and O–H groups in total. The third-order valence-corrected chi connectivity index (χ3v) is 3.78. The Balaban J connectivity index is 2.84. The van der Waals surface area contributed by atoms with Gasteiger partial charge in [-0.15, -0.1) is 11.6 Å². The van der Waals surface area contributed by atoms with Gasteiger partial charge in [-0.05, 0) is 31.9 Å². The SMILES string of the molecule is CCC(CC)(CCl)NC(=O)c1cccc(C)c1. The maximum atomic E-state index is 12.1. The summed E-state index contributed by atoms with van der Waals surface area (Å²) in [5, 5.41) is 3.05. The molecule has 0 saturated carbocycles. The van der Waals surface area contributed by atoms with Crippen molar-refractivity contribution in [2.75, 3.05) is 5.88 Å². The second kappa shape index (κ2) is 6.06. The molecule has 0 aliphatic carbocycles. The van der Waals surface area contributed by atoms with Crippen LogP contribution in [-0.4, -0.2) is 17.3 Å². The minimum absolute atomic E-state index is 0.0435. The van der Waals surface area contributed by atoms with Crippen LogP contribution in [0.5, 0.6) is 0 Å². The lowest BCUT2D eigenvalue weighted by Gasteiger charge is -2.30. The lowest BCUT2D eigenvalue weighted by atomic mass is 9.94. The first-order chi connectivity index (χ1) is 8.06. The van der Waals surface area contributed by atoms with E-state index in [1.807, 2.05) is 45.0 Å². The van der Waals surface area contributed by atoms with Crippen molar-refractivity contribution in [3.63, 3.8) is 0 Å². The first kappa shape index (κ1) is 14.0. The first-order valence-electron chi connectivity index (χ1n) is 6.02. The lowest BCUT2D eigenvalue weighted by Crippen LogP contribution is -2.49. The molecule has 3 heteroatoms. The Morgan fingerprint density at radius 1 is 1.35 bits per heavy atom. The molecular weight excluding hydrogens is 234 g/mol. The predicted octanol–water partition coefficient (Wildman–Crippen LogP) is 3.52. The zero-order valence-electron chi connectivity index (χ0n) is 10.7. The highest BCUT2D eigenvalue weighted by Crippen LogP contribution is 2.18. The van der Waals surface area contributed by atoms with Crippen LogP contribution in [-0.2, 0) is 0 Å². The van der Waals surface area contributed by atoms with Gasteiger partial charge in [-0.1, -0.05) is 31.5 Å². The van der Waals surface area contributed by atoms with E-state index in [2.05, 4.69) is 5.32 Å². The molecule has 2 nitrogen and oxygen atoms in total. The lowest BCUT2D eigenvalue weighted by molar-refractivity contribution is 0.0902. The summed E-state index contributed by atoms with van der Waals surface area (Å²) in [6.45, 7) is 6.07. The summed E-state index contributed by atoms with van der Waals surface area (Å²) in [7, 11) is 0. The van der Waals surface area contributed by atoms with Crippen molar-refractivity contribution in [3.8, 4) is 0 Å². The molecule has 0 aliphatic rings. The fourth-order valence-electron chi connectivity index (χ4n) is 1.75. The molecule has 0 fully saturated rings. The van der Waals surface area contributed by atoms with E-state index < -0.39 is 0 Å². The second-order valence-corrected chi connectivity index (χ2v) is 4.71. The minimum atomic E-state index is -0.289. The summed E-state index contributed by atoms with van der Waals surface area (Å²) < 4.78 is 0. The Hall–Kier alpha value is -1.02. The Kier molecular flexibility index (Phi) is 5.01. The molecule has 1 amide bonds. The summed E-state index contributed by atoms with van der Waals surface area (Å²) in [5.74, 6) is 0.399. The van der Waals surface area contributed by atoms with E-state index in [0.717, 1.165) is 18.4 Å². The van der Waals surface area contributed by atoms with E-state index in [1.54, 1.807) is 0 Å². The standard InChI is InChI=1S/C14H20ClNO/c1-4-14(5-2,10-15)16-13(17)12-8-6-7-11(3)9-12/h6-9H,4-5,10H2,1-3H3,(H,16,17). The number of alkyl halides is 1. The van der Waals surface area contributed by atoms with Crippen molar-refractivity contribution < 1.29 is 4.79 Å². The van der Waals surface area contributed by atoms with Crippen LogP contribution in [0.4, 0.5) is 0 Å². The molecule has 0 aliphatic heterocycles. The molecule has 0 radical (unpaired) electrons. The van der Waals surface area contributed by atoms with Gasteiger partial charge < -0.3 is 5.32 Å². The number of benzene rings is 1. The largest absolute Gasteiger partial charge is 0.345 e. The normalized spacial score (nSPS) is 11.3. The van der Waals surface area contributed by atoms with Gasteiger partial charge in [0.05, 0.1) is 5.54 Å². The van der Waals surface area contributed by atoms with Crippen molar-refractivity contribution in [2.45, 2.75) is 39.2 Å². The molecule has 17 heavy (non-hydrogen) atoms. The number of amides is 1. The zero-order chi connectivity index (χ0) is 12.9. The topological polar surface area (TPSA) is 29.1 Å². The van der Waals surface area contributed by atoms with Gasteiger partial charge in [0.1, 0.15) is 0 Å². The number of hydrogen-bond acceptors (Lipinski definition) is 1. The Labute approximate surface area is 108 Å². The van der Waals surface area contributed by atoms with E-state index in [1.165, 1.54) is 0 Å². The van der Waals surface area contributed by atoms with Crippen LogP contribution in [0.2, 0.25) is 0 Å². The van der Waals surface area contributed by atoms with E-state index in [9.17, 15) is 4.79 Å². The summed E-state index contributed by atoms with van der Waals surface area (Å²) >= 11 is 5.97. The fraction of sp³-hybridized carbons (Fsp3) is 0.500. The molecule has 1 aromatic rings. The Morgan fingerprint density at radius 3 is 2.47 bits per heavy atom. The van der Waals surface area contributed by atoms with Crippen LogP contribution >= 0.6 is 11.6 Å². The molecule has 1 rings (SSSR count). The van der Waals surface area contributed by atoms with Crippen LogP contribution in [0.3, 0.4) is 0 Å². The first-order valence-corrected chi connectivity index (χ1v) is 6.55. The van der Waals surface area contributed by atoms with Crippen molar-refractivity contribution in [3.05, 3.63) is 35.4 Å². The van der Waals surface area contributed by atoms with Gasteiger partial charge >= 0.3 is 0 Å². The van der Waals surface area contributed by atoms with Gasteiger partial charge in [-0.25, -0.2) is 0 Å². The van der Waals surface area contributed by atoms with Crippen molar-refractivity contribution in [1.29, 1.82) is 0 Å². The van der Waals surface area contributed by atoms with Gasteiger partial charge in [-0.3, -0.25) is 4.79 Å². The average Bonchev–Trinajstić information content (AvgIpc) is 2.36. The van der Waals surface area contributed by atoms with Crippen molar-refractivity contribution >= 4 is 17.5 Å². The minimum Gasteiger partial charge on any atom is -0.345 e. The third-order valence-electron chi connectivity index (χ3n) is 3.27. The maximum absolute atomic E-state index is 12.1. The number of carbonyl (C=O) groups excluding carboxylic acids is 1. The quantitative estimate of drug-likeness (QED) is 0.800. The number of rotatable bonds is 5. The van der Waals surface area contributed by atoms with Crippen LogP contribution in [0.25, 0.3) is 0 Å². The summed E-state index contributed by atoms with van der Waals surface area (Å²) in [6, 6.07) is 7.59.